The van der Waals surface area contributed by atoms with Crippen LogP contribution in [0.25, 0.3) is 11.0 Å². The van der Waals surface area contributed by atoms with E-state index in [-0.39, 0.29) is 34.7 Å². The molecule has 0 aromatic carbocycles. The average Bonchev–Trinajstić information content (AvgIpc) is 3.02. The zero-order chi connectivity index (χ0) is 17.8. The SMILES string of the molecule is CC1C(NC(=O)c2cc3oc(C(F)(F)F)cc3cn2)C2CCN1CC2. The molecule has 8 heteroatoms. The second-order valence-corrected chi connectivity index (χ2v) is 6.83. The number of furan rings is 1. The van der Waals surface area contributed by atoms with Gasteiger partial charge in [0.25, 0.3) is 5.91 Å². The first-order valence-corrected chi connectivity index (χ1v) is 8.34. The highest BCUT2D eigenvalue weighted by molar-refractivity contribution is 5.95. The minimum absolute atomic E-state index is 0.00874. The van der Waals surface area contributed by atoms with E-state index in [0.29, 0.717) is 5.92 Å². The molecule has 3 aliphatic rings. The molecule has 2 bridgehead atoms. The van der Waals surface area contributed by atoms with E-state index >= 15 is 0 Å². The summed E-state index contributed by atoms with van der Waals surface area (Å²) >= 11 is 0. The second-order valence-electron chi connectivity index (χ2n) is 6.83. The van der Waals surface area contributed by atoms with Crippen LogP contribution in [0.3, 0.4) is 0 Å². The van der Waals surface area contributed by atoms with Gasteiger partial charge in [0.15, 0.2) is 0 Å². The average molecular weight is 353 g/mol. The molecule has 5 heterocycles. The number of pyridine rings is 1. The summed E-state index contributed by atoms with van der Waals surface area (Å²) in [4.78, 5) is 18.9. The molecule has 2 aromatic rings. The monoisotopic (exact) mass is 353 g/mol. The molecule has 1 N–H and O–H groups in total. The minimum Gasteiger partial charge on any atom is -0.451 e. The Morgan fingerprint density at radius 1 is 1.32 bits per heavy atom. The Morgan fingerprint density at radius 3 is 2.68 bits per heavy atom. The van der Waals surface area contributed by atoms with Crippen LogP contribution in [0.4, 0.5) is 13.2 Å². The van der Waals surface area contributed by atoms with Crippen molar-refractivity contribution >= 4 is 16.9 Å². The summed E-state index contributed by atoms with van der Waals surface area (Å²) in [5, 5.41) is 3.23. The molecule has 134 valence electrons. The molecular weight excluding hydrogens is 335 g/mol. The van der Waals surface area contributed by atoms with E-state index in [1.165, 1.54) is 12.3 Å². The van der Waals surface area contributed by atoms with Gasteiger partial charge < -0.3 is 9.73 Å². The van der Waals surface area contributed by atoms with E-state index in [4.69, 9.17) is 4.42 Å². The van der Waals surface area contributed by atoms with E-state index in [2.05, 4.69) is 22.1 Å². The van der Waals surface area contributed by atoms with Crippen LogP contribution < -0.4 is 5.32 Å². The maximum Gasteiger partial charge on any atom is 0.449 e. The molecule has 0 saturated carbocycles. The number of rotatable bonds is 2. The van der Waals surface area contributed by atoms with Crippen molar-refractivity contribution in [1.82, 2.24) is 15.2 Å². The minimum atomic E-state index is -4.56. The predicted molar refractivity (Wildman–Crippen MR) is 84.0 cm³/mol. The smallest absolute Gasteiger partial charge is 0.449 e. The Kier molecular flexibility index (Phi) is 3.75. The second kappa shape index (κ2) is 5.72. The quantitative estimate of drug-likeness (QED) is 0.902. The first-order valence-electron chi connectivity index (χ1n) is 8.34. The number of amides is 1. The number of carbonyl (C=O) groups is 1. The van der Waals surface area contributed by atoms with E-state index in [9.17, 15) is 18.0 Å². The normalized spacial score (nSPS) is 29.1. The van der Waals surface area contributed by atoms with Gasteiger partial charge in [-0.05, 0) is 44.8 Å². The number of piperidine rings is 3. The van der Waals surface area contributed by atoms with Crippen LogP contribution in [0.1, 0.15) is 36.0 Å². The highest BCUT2D eigenvalue weighted by Crippen LogP contribution is 2.34. The van der Waals surface area contributed by atoms with Gasteiger partial charge >= 0.3 is 6.18 Å². The molecule has 3 saturated heterocycles. The fourth-order valence-electron chi connectivity index (χ4n) is 3.97. The third-order valence-corrected chi connectivity index (χ3v) is 5.39. The van der Waals surface area contributed by atoms with Crippen LogP contribution in [0.15, 0.2) is 22.7 Å². The summed E-state index contributed by atoms with van der Waals surface area (Å²) in [6.07, 6.45) is -1.22. The number of nitrogens with one attached hydrogen (secondary N) is 1. The van der Waals surface area contributed by atoms with E-state index in [1.54, 1.807) is 0 Å². The lowest BCUT2D eigenvalue weighted by Gasteiger charge is -2.49. The van der Waals surface area contributed by atoms with Crippen molar-refractivity contribution < 1.29 is 22.4 Å². The van der Waals surface area contributed by atoms with Gasteiger partial charge in [0.05, 0.1) is 0 Å². The molecular formula is C17H18F3N3O2. The number of halogens is 3. The molecule has 3 aliphatic heterocycles. The summed E-state index contributed by atoms with van der Waals surface area (Å²) in [7, 11) is 0. The van der Waals surface area contributed by atoms with Gasteiger partial charge in [-0.25, -0.2) is 0 Å². The predicted octanol–water partition coefficient (Wildman–Crippen LogP) is 3.06. The number of hydrogen-bond acceptors (Lipinski definition) is 4. The van der Waals surface area contributed by atoms with Crippen LogP contribution >= 0.6 is 0 Å². The van der Waals surface area contributed by atoms with Gasteiger partial charge in [-0.2, -0.15) is 13.2 Å². The Labute approximate surface area is 142 Å². The van der Waals surface area contributed by atoms with Crippen molar-refractivity contribution in [2.45, 2.75) is 38.0 Å². The standard InChI is InChI=1S/C17H18F3N3O2/c1-9-15(10-2-4-23(9)5-3-10)22-16(24)12-7-13-11(8-21-12)6-14(25-13)17(18,19)20/h6-10,15H,2-5H2,1H3,(H,22,24). The lowest BCUT2D eigenvalue weighted by Crippen LogP contribution is -2.62. The van der Waals surface area contributed by atoms with Crippen molar-refractivity contribution in [3.63, 3.8) is 0 Å². The molecule has 0 spiro atoms. The summed E-state index contributed by atoms with van der Waals surface area (Å²) in [5.74, 6) is -1.03. The fourth-order valence-corrected chi connectivity index (χ4v) is 3.97. The lowest BCUT2D eigenvalue weighted by atomic mass is 9.79. The number of alkyl halides is 3. The summed E-state index contributed by atoms with van der Waals surface area (Å²) in [5.41, 5.74) is 0.0775. The molecule has 5 nitrogen and oxygen atoms in total. The summed E-state index contributed by atoms with van der Waals surface area (Å²) in [6.45, 7) is 4.19. The number of aromatic nitrogens is 1. The van der Waals surface area contributed by atoms with Gasteiger partial charge in [0.2, 0.25) is 5.76 Å². The molecule has 25 heavy (non-hydrogen) atoms. The molecule has 1 amide bonds. The summed E-state index contributed by atoms with van der Waals surface area (Å²) < 4.78 is 43.0. The van der Waals surface area contributed by atoms with Gasteiger partial charge in [-0.1, -0.05) is 0 Å². The van der Waals surface area contributed by atoms with Gasteiger partial charge in [0.1, 0.15) is 11.3 Å². The molecule has 0 aliphatic carbocycles. The number of nitrogens with zero attached hydrogens (tertiary/aromatic N) is 2. The van der Waals surface area contributed by atoms with Gasteiger partial charge in [-0.3, -0.25) is 14.7 Å². The molecule has 2 aromatic heterocycles. The third kappa shape index (κ3) is 2.88. The van der Waals surface area contributed by atoms with Crippen molar-refractivity contribution in [2.75, 3.05) is 13.1 Å². The van der Waals surface area contributed by atoms with Gasteiger partial charge in [-0.15, -0.1) is 0 Å². The zero-order valence-electron chi connectivity index (χ0n) is 13.6. The van der Waals surface area contributed by atoms with Crippen LogP contribution in [0.2, 0.25) is 0 Å². The van der Waals surface area contributed by atoms with Crippen LogP contribution in [-0.4, -0.2) is 41.0 Å². The maximum atomic E-state index is 12.7. The third-order valence-electron chi connectivity index (χ3n) is 5.39. The largest absolute Gasteiger partial charge is 0.451 e. The number of hydrogen-bond donors (Lipinski definition) is 1. The van der Waals surface area contributed by atoms with E-state index < -0.39 is 11.9 Å². The maximum absolute atomic E-state index is 12.7. The van der Waals surface area contributed by atoms with Crippen molar-refractivity contribution in [3.05, 3.63) is 29.8 Å². The van der Waals surface area contributed by atoms with Crippen molar-refractivity contribution in [1.29, 1.82) is 0 Å². The molecule has 2 unspecified atom stereocenters. The number of fused-ring (bicyclic) bond motifs is 4. The molecule has 5 rings (SSSR count). The van der Waals surface area contributed by atoms with E-state index in [1.807, 2.05) is 0 Å². The Hall–Kier alpha value is -2.09. The van der Waals surface area contributed by atoms with Crippen molar-refractivity contribution in [3.8, 4) is 0 Å². The van der Waals surface area contributed by atoms with Crippen LogP contribution in [-0.2, 0) is 6.18 Å². The van der Waals surface area contributed by atoms with Crippen molar-refractivity contribution in [2.24, 2.45) is 5.92 Å². The Bertz CT molecular complexity index is 807. The zero-order valence-corrected chi connectivity index (χ0v) is 13.6. The summed E-state index contributed by atoms with van der Waals surface area (Å²) in [6, 6.07) is 2.45. The highest BCUT2D eigenvalue weighted by atomic mass is 19.4. The lowest BCUT2D eigenvalue weighted by molar-refractivity contribution is -0.152. The first kappa shape index (κ1) is 16.4. The first-order chi connectivity index (χ1) is 11.8. The fraction of sp³-hybridized carbons (Fsp3) is 0.529. The van der Waals surface area contributed by atoms with Crippen LogP contribution in [0.5, 0.6) is 0 Å². The molecule has 3 fully saturated rings. The molecule has 2 atom stereocenters. The number of carbonyl (C=O) groups excluding carboxylic acids is 1. The van der Waals surface area contributed by atoms with Gasteiger partial charge in [0, 0.05) is 29.7 Å². The van der Waals surface area contributed by atoms with Crippen LogP contribution in [0, 0.1) is 5.92 Å². The molecule has 0 radical (unpaired) electrons. The highest BCUT2D eigenvalue weighted by Gasteiger charge is 2.40. The topological polar surface area (TPSA) is 58.4 Å². The Balaban J connectivity index is 1.56. The van der Waals surface area contributed by atoms with E-state index in [0.717, 1.165) is 32.0 Å². The Morgan fingerprint density at radius 2 is 2.04 bits per heavy atom.